The van der Waals surface area contributed by atoms with E-state index in [0.29, 0.717) is 31.6 Å². The Balaban J connectivity index is 1.75. The van der Waals surface area contributed by atoms with Gasteiger partial charge in [-0.25, -0.2) is 0 Å². The van der Waals surface area contributed by atoms with Crippen LogP contribution in [0.3, 0.4) is 0 Å². The summed E-state index contributed by atoms with van der Waals surface area (Å²) in [7, 11) is 0. The lowest BCUT2D eigenvalue weighted by molar-refractivity contribution is -0.282. The van der Waals surface area contributed by atoms with Gasteiger partial charge >= 0.3 is 0 Å². The van der Waals surface area contributed by atoms with E-state index in [1.807, 2.05) is 6.92 Å². The van der Waals surface area contributed by atoms with Gasteiger partial charge in [-0.15, -0.1) is 0 Å². The van der Waals surface area contributed by atoms with Crippen LogP contribution in [-0.4, -0.2) is 50.1 Å². The highest BCUT2D eigenvalue weighted by Crippen LogP contribution is 2.68. The monoisotopic (exact) mass is 366 g/mol. The summed E-state index contributed by atoms with van der Waals surface area (Å²) in [6, 6.07) is 0. The second kappa shape index (κ2) is 5.76. The first-order valence-electron chi connectivity index (χ1n) is 10.3. The van der Waals surface area contributed by atoms with Gasteiger partial charge in [0, 0.05) is 17.8 Å². The second-order valence-electron chi connectivity index (χ2n) is 10.3. The van der Waals surface area contributed by atoms with Crippen molar-refractivity contribution in [3.63, 3.8) is 0 Å². The van der Waals surface area contributed by atoms with Crippen LogP contribution in [0.1, 0.15) is 65.7 Å². The quantitative estimate of drug-likeness (QED) is 0.566. The molecule has 148 valence electrons. The number of hydrogen-bond donors (Lipinski definition) is 4. The third-order valence-corrected chi connectivity index (χ3v) is 9.26. The molecule has 4 aliphatic rings. The highest BCUT2D eigenvalue weighted by molar-refractivity contribution is 5.79. The number of hydrogen-bond acceptors (Lipinski definition) is 5. The maximum Gasteiger partial charge on any atom is 0.133 e. The van der Waals surface area contributed by atoms with Gasteiger partial charge in [-0.2, -0.15) is 0 Å². The Morgan fingerprint density at radius 3 is 2.38 bits per heavy atom. The molecule has 0 bridgehead atoms. The average Bonchev–Trinajstić information content (AvgIpc) is 2.87. The molecule has 0 aromatic heterocycles. The van der Waals surface area contributed by atoms with E-state index in [2.05, 4.69) is 6.92 Å². The van der Waals surface area contributed by atoms with Crippen molar-refractivity contribution in [1.82, 2.24) is 0 Å². The van der Waals surface area contributed by atoms with Crippen molar-refractivity contribution in [3.8, 4) is 0 Å². The summed E-state index contributed by atoms with van der Waals surface area (Å²) < 4.78 is 0. The highest BCUT2D eigenvalue weighted by Gasteiger charge is 2.69. The first kappa shape index (κ1) is 18.9. The molecule has 4 N–H and O–H groups in total. The van der Waals surface area contributed by atoms with E-state index < -0.39 is 29.3 Å². The Morgan fingerprint density at radius 2 is 1.73 bits per heavy atom. The van der Waals surface area contributed by atoms with Gasteiger partial charge in [0.25, 0.3) is 0 Å². The van der Waals surface area contributed by atoms with Crippen molar-refractivity contribution < 1.29 is 25.2 Å². The van der Waals surface area contributed by atoms with E-state index in [4.69, 9.17) is 0 Å². The van der Waals surface area contributed by atoms with E-state index >= 15 is 0 Å². The van der Waals surface area contributed by atoms with E-state index in [-0.39, 0.29) is 35.4 Å². The molecule has 4 fully saturated rings. The van der Waals surface area contributed by atoms with E-state index in [0.717, 1.165) is 12.8 Å². The fourth-order valence-corrected chi connectivity index (χ4v) is 8.05. The maximum absolute atomic E-state index is 12.2. The van der Waals surface area contributed by atoms with Crippen molar-refractivity contribution in [1.29, 1.82) is 0 Å². The van der Waals surface area contributed by atoms with Crippen molar-refractivity contribution >= 4 is 5.78 Å². The van der Waals surface area contributed by atoms with Crippen LogP contribution < -0.4 is 0 Å². The van der Waals surface area contributed by atoms with E-state index in [1.54, 1.807) is 6.92 Å². The minimum atomic E-state index is -1.35. The van der Waals surface area contributed by atoms with Crippen LogP contribution in [-0.2, 0) is 4.79 Å². The van der Waals surface area contributed by atoms with Crippen molar-refractivity contribution in [2.45, 2.75) is 89.6 Å². The Bertz CT molecular complexity index is 607. The van der Waals surface area contributed by atoms with Crippen LogP contribution in [0.2, 0.25) is 0 Å². The molecule has 0 amide bonds. The lowest BCUT2D eigenvalue weighted by Crippen LogP contribution is -2.71. The first-order valence-corrected chi connectivity index (χ1v) is 10.3. The third kappa shape index (κ3) is 2.20. The maximum atomic E-state index is 12.2. The second-order valence-corrected chi connectivity index (χ2v) is 10.3. The van der Waals surface area contributed by atoms with Gasteiger partial charge in [-0.1, -0.05) is 13.8 Å². The molecule has 3 unspecified atom stereocenters. The SMILES string of the molecule is CC(=O)[C@H]1CCC2C3C[C@@H](O)[C@@]4(O)C[C@@H](O)CC[C@]4(C)C3[C@@H](O)C[C@@]21C. The van der Waals surface area contributed by atoms with Crippen LogP contribution in [0.15, 0.2) is 0 Å². The molecular weight excluding hydrogens is 332 g/mol. The van der Waals surface area contributed by atoms with E-state index in [1.165, 1.54) is 0 Å². The predicted octanol–water partition coefficient (Wildman–Crippen LogP) is 1.65. The highest BCUT2D eigenvalue weighted by atomic mass is 16.3. The van der Waals surface area contributed by atoms with Gasteiger partial charge < -0.3 is 20.4 Å². The molecule has 10 atom stereocenters. The Labute approximate surface area is 155 Å². The van der Waals surface area contributed by atoms with Gasteiger partial charge in [0.1, 0.15) is 5.78 Å². The van der Waals surface area contributed by atoms with Gasteiger partial charge in [0.05, 0.1) is 23.9 Å². The summed E-state index contributed by atoms with van der Waals surface area (Å²) in [5.74, 6) is 0.519. The molecule has 0 heterocycles. The topological polar surface area (TPSA) is 98.0 Å². The minimum absolute atomic E-state index is 0.0120. The molecule has 0 aromatic carbocycles. The summed E-state index contributed by atoms with van der Waals surface area (Å²) in [6.07, 6.45) is 2.17. The van der Waals surface area contributed by atoms with Crippen LogP contribution >= 0.6 is 0 Å². The number of aliphatic hydroxyl groups excluding tert-OH is 3. The van der Waals surface area contributed by atoms with Gasteiger partial charge in [-0.3, -0.25) is 4.79 Å². The molecule has 26 heavy (non-hydrogen) atoms. The molecule has 4 rings (SSSR count). The zero-order chi connectivity index (χ0) is 19.1. The van der Waals surface area contributed by atoms with E-state index in [9.17, 15) is 25.2 Å². The summed E-state index contributed by atoms with van der Waals surface area (Å²) in [6.45, 7) is 5.81. The fourth-order valence-electron chi connectivity index (χ4n) is 8.05. The van der Waals surface area contributed by atoms with Crippen molar-refractivity contribution in [2.75, 3.05) is 0 Å². The molecule has 0 spiro atoms. The molecular formula is C21H34O5. The smallest absolute Gasteiger partial charge is 0.133 e. The van der Waals surface area contributed by atoms with Gasteiger partial charge in [-0.05, 0) is 68.6 Å². The van der Waals surface area contributed by atoms with Crippen LogP contribution in [0.4, 0.5) is 0 Å². The number of aliphatic hydroxyl groups is 4. The lowest BCUT2D eigenvalue weighted by atomic mass is 9.41. The lowest BCUT2D eigenvalue weighted by Gasteiger charge is -2.66. The standard InChI is InChI=1S/C21H34O5/c1-11(22)14-4-5-15-13-8-17(25)21(26)9-12(23)6-7-20(21,3)18(13)16(24)10-19(14,15)2/h12-18,23-26H,4-10H2,1-3H3/t12-,13?,14+,15?,16-,17+,18?,19+,20+,21-/m0/s1. The Kier molecular flexibility index (Phi) is 4.17. The summed E-state index contributed by atoms with van der Waals surface area (Å²) in [4.78, 5) is 12.2. The average molecular weight is 366 g/mol. The predicted molar refractivity (Wildman–Crippen MR) is 96.1 cm³/mol. The molecule has 0 aliphatic heterocycles. The molecule has 0 saturated heterocycles. The number of ketones is 1. The zero-order valence-corrected chi connectivity index (χ0v) is 16.2. The minimum Gasteiger partial charge on any atom is -0.393 e. The van der Waals surface area contributed by atoms with Crippen LogP contribution in [0.5, 0.6) is 0 Å². The number of fused-ring (bicyclic) bond motifs is 5. The third-order valence-electron chi connectivity index (χ3n) is 9.26. The fraction of sp³-hybridized carbons (Fsp3) is 0.952. The molecule has 5 heteroatoms. The van der Waals surface area contributed by atoms with Crippen molar-refractivity contribution in [3.05, 3.63) is 0 Å². The van der Waals surface area contributed by atoms with Crippen LogP contribution in [0, 0.1) is 34.5 Å². The summed E-state index contributed by atoms with van der Waals surface area (Å²) in [5, 5.41) is 43.7. The molecule has 0 radical (unpaired) electrons. The zero-order valence-electron chi connectivity index (χ0n) is 16.2. The first-order chi connectivity index (χ1) is 12.0. The molecule has 4 saturated carbocycles. The number of rotatable bonds is 1. The van der Waals surface area contributed by atoms with Gasteiger partial charge in [0.15, 0.2) is 0 Å². The molecule has 4 aliphatic carbocycles. The Hall–Kier alpha value is -0.490. The van der Waals surface area contributed by atoms with Gasteiger partial charge in [0.2, 0.25) is 0 Å². The largest absolute Gasteiger partial charge is 0.393 e. The number of carbonyl (C=O) groups is 1. The molecule has 5 nitrogen and oxygen atoms in total. The van der Waals surface area contributed by atoms with Crippen LogP contribution in [0.25, 0.3) is 0 Å². The molecule has 0 aromatic rings. The normalized spacial score (nSPS) is 59.3. The summed E-state index contributed by atoms with van der Waals surface area (Å²) in [5.41, 5.74) is -2.17. The number of carbonyl (C=O) groups excluding carboxylic acids is 1. The Morgan fingerprint density at radius 1 is 1.04 bits per heavy atom. The van der Waals surface area contributed by atoms with Crippen molar-refractivity contribution in [2.24, 2.45) is 34.5 Å². The summed E-state index contributed by atoms with van der Waals surface area (Å²) >= 11 is 0. The number of Topliss-reactive ketones (excluding diaryl/α,β-unsaturated/α-hetero) is 1.